The van der Waals surface area contributed by atoms with E-state index in [1.54, 1.807) is 19.1 Å². The molecule has 4 heteroatoms. The Morgan fingerprint density at radius 3 is 2.38 bits per heavy atom. The lowest BCUT2D eigenvalue weighted by molar-refractivity contribution is -0.129. The van der Waals surface area contributed by atoms with Crippen LogP contribution in [0.4, 0.5) is 0 Å². The van der Waals surface area contributed by atoms with E-state index in [1.807, 2.05) is 38.1 Å². The highest BCUT2D eigenvalue weighted by Crippen LogP contribution is 2.30. The molecular weight excluding hydrogens is 268 g/mol. The second-order valence-electron chi connectivity index (χ2n) is 4.44. The van der Waals surface area contributed by atoms with Crippen molar-refractivity contribution in [2.45, 2.75) is 19.3 Å². The molecule has 0 saturated heterocycles. The van der Waals surface area contributed by atoms with Gasteiger partial charge in [0.25, 0.3) is 0 Å². The van der Waals surface area contributed by atoms with Crippen molar-refractivity contribution in [2.24, 2.45) is 0 Å². The molecule has 88 valence electrons. The molecule has 0 aromatic heterocycles. The Hall–Kier alpha value is -0.870. The topological polar surface area (TPSA) is 32.3 Å². The summed E-state index contributed by atoms with van der Waals surface area (Å²) in [7, 11) is 3.60. The fourth-order valence-corrected chi connectivity index (χ4v) is 2.21. The summed E-state index contributed by atoms with van der Waals surface area (Å²) in [6.07, 6.45) is 0. The zero-order valence-corrected chi connectivity index (χ0v) is 11.6. The van der Waals surface area contributed by atoms with Crippen molar-refractivity contribution in [3.05, 3.63) is 34.3 Å². The van der Waals surface area contributed by atoms with Crippen molar-refractivity contribution in [3.63, 3.8) is 0 Å². The lowest BCUT2D eigenvalue weighted by Gasteiger charge is -2.27. The van der Waals surface area contributed by atoms with E-state index in [0.29, 0.717) is 0 Å². The molecule has 0 aliphatic carbocycles. The van der Waals surface area contributed by atoms with Gasteiger partial charge in [0.15, 0.2) is 0 Å². The average molecular weight is 285 g/mol. The van der Waals surface area contributed by atoms with Gasteiger partial charge >= 0.3 is 0 Å². The van der Waals surface area contributed by atoms with E-state index < -0.39 is 5.41 Å². The molecule has 0 heterocycles. The fraction of sp³-hybridized carbons (Fsp3) is 0.417. The Labute approximate surface area is 105 Å². The minimum Gasteiger partial charge on any atom is -0.289 e. The molecule has 0 unspecified atom stereocenters. The lowest BCUT2D eigenvalue weighted by Crippen LogP contribution is -2.46. The van der Waals surface area contributed by atoms with Crippen molar-refractivity contribution >= 4 is 21.8 Å². The van der Waals surface area contributed by atoms with E-state index in [1.165, 1.54) is 0 Å². The van der Waals surface area contributed by atoms with Crippen LogP contribution in [0, 0.1) is 0 Å². The number of halogens is 1. The molecule has 1 aromatic carbocycles. The Morgan fingerprint density at radius 1 is 1.31 bits per heavy atom. The Bertz CT molecular complexity index is 388. The van der Waals surface area contributed by atoms with Crippen LogP contribution in [0.2, 0.25) is 0 Å². The predicted molar refractivity (Wildman–Crippen MR) is 69.0 cm³/mol. The monoisotopic (exact) mass is 284 g/mol. The number of hydrogen-bond donors (Lipinski definition) is 1. The van der Waals surface area contributed by atoms with Gasteiger partial charge in [-0.05, 0) is 25.5 Å². The number of carbonyl (C=O) groups is 1. The number of amides is 1. The minimum atomic E-state index is -0.565. The van der Waals surface area contributed by atoms with Gasteiger partial charge in [0.2, 0.25) is 5.91 Å². The summed E-state index contributed by atoms with van der Waals surface area (Å²) >= 11 is 3.47. The number of rotatable bonds is 3. The molecule has 16 heavy (non-hydrogen) atoms. The number of nitrogens with zero attached hydrogens (tertiary/aromatic N) is 1. The molecule has 0 aliphatic heterocycles. The first-order valence-corrected chi connectivity index (χ1v) is 5.88. The molecule has 0 aliphatic rings. The molecule has 1 rings (SSSR count). The summed E-state index contributed by atoms with van der Waals surface area (Å²) in [4.78, 5) is 12.1. The molecule has 0 fully saturated rings. The maximum Gasteiger partial charge on any atom is 0.244 e. The quantitative estimate of drug-likeness (QED) is 0.864. The summed E-state index contributed by atoms with van der Waals surface area (Å²) < 4.78 is 0.953. The number of hydrogen-bond acceptors (Lipinski definition) is 2. The first kappa shape index (κ1) is 13.2. The van der Waals surface area contributed by atoms with Crippen LogP contribution in [0.25, 0.3) is 0 Å². The Balaban J connectivity index is 3.02. The molecule has 1 amide bonds. The smallest absolute Gasteiger partial charge is 0.244 e. The third-order valence-corrected chi connectivity index (χ3v) is 3.13. The molecule has 3 nitrogen and oxygen atoms in total. The number of carbonyl (C=O) groups excluding carboxylic acids is 1. The van der Waals surface area contributed by atoms with Crippen molar-refractivity contribution in [3.8, 4) is 0 Å². The van der Waals surface area contributed by atoms with Crippen LogP contribution in [-0.4, -0.2) is 25.0 Å². The van der Waals surface area contributed by atoms with E-state index in [-0.39, 0.29) is 5.91 Å². The highest BCUT2D eigenvalue weighted by molar-refractivity contribution is 9.10. The highest BCUT2D eigenvalue weighted by Gasteiger charge is 2.31. The van der Waals surface area contributed by atoms with Crippen LogP contribution < -0.4 is 5.43 Å². The van der Waals surface area contributed by atoms with Crippen molar-refractivity contribution in [1.82, 2.24) is 10.4 Å². The summed E-state index contributed by atoms with van der Waals surface area (Å²) in [6, 6.07) is 7.78. The highest BCUT2D eigenvalue weighted by atomic mass is 79.9. The summed E-state index contributed by atoms with van der Waals surface area (Å²) in [5.74, 6) is -0.0237. The van der Waals surface area contributed by atoms with E-state index >= 15 is 0 Å². The largest absolute Gasteiger partial charge is 0.289 e. The Kier molecular flexibility index (Phi) is 4.10. The minimum absolute atomic E-state index is 0.0237. The van der Waals surface area contributed by atoms with Crippen LogP contribution in [0.5, 0.6) is 0 Å². The second-order valence-corrected chi connectivity index (χ2v) is 5.29. The van der Waals surface area contributed by atoms with Crippen LogP contribution in [-0.2, 0) is 10.2 Å². The number of hydrazine groups is 1. The molecule has 1 N–H and O–H groups in total. The van der Waals surface area contributed by atoms with E-state index in [0.717, 1.165) is 10.0 Å². The van der Waals surface area contributed by atoms with Crippen LogP contribution in [0.15, 0.2) is 28.7 Å². The molecule has 0 bridgehead atoms. The Morgan fingerprint density at radius 2 is 1.88 bits per heavy atom. The third kappa shape index (κ3) is 2.83. The van der Waals surface area contributed by atoms with Gasteiger partial charge < -0.3 is 0 Å². The summed E-state index contributed by atoms with van der Waals surface area (Å²) in [5, 5.41) is 1.65. The van der Waals surface area contributed by atoms with Gasteiger partial charge in [0, 0.05) is 18.6 Å². The van der Waals surface area contributed by atoms with Crippen LogP contribution in [0.3, 0.4) is 0 Å². The zero-order chi connectivity index (χ0) is 12.3. The van der Waals surface area contributed by atoms with E-state index in [4.69, 9.17) is 0 Å². The lowest BCUT2D eigenvalue weighted by atomic mass is 9.84. The number of benzene rings is 1. The van der Waals surface area contributed by atoms with Gasteiger partial charge in [0.1, 0.15) is 0 Å². The van der Waals surface area contributed by atoms with Crippen molar-refractivity contribution in [1.29, 1.82) is 0 Å². The third-order valence-electron chi connectivity index (χ3n) is 2.44. The summed E-state index contributed by atoms with van der Waals surface area (Å²) in [6.45, 7) is 3.82. The van der Waals surface area contributed by atoms with Gasteiger partial charge in [-0.25, -0.2) is 5.01 Å². The molecule has 1 aromatic rings. The molecule has 0 radical (unpaired) electrons. The fourth-order valence-electron chi connectivity index (χ4n) is 1.43. The van der Waals surface area contributed by atoms with Gasteiger partial charge in [-0.3, -0.25) is 10.2 Å². The molecule has 0 atom stereocenters. The first-order chi connectivity index (χ1) is 7.35. The zero-order valence-electron chi connectivity index (χ0n) is 10.0. The van der Waals surface area contributed by atoms with E-state index in [9.17, 15) is 4.79 Å². The van der Waals surface area contributed by atoms with Gasteiger partial charge in [0.05, 0.1) is 5.41 Å². The van der Waals surface area contributed by atoms with Crippen molar-refractivity contribution < 1.29 is 4.79 Å². The number of nitrogens with one attached hydrogen (secondary N) is 1. The van der Waals surface area contributed by atoms with Gasteiger partial charge in [-0.2, -0.15) is 0 Å². The maximum atomic E-state index is 12.1. The van der Waals surface area contributed by atoms with Crippen LogP contribution >= 0.6 is 15.9 Å². The molecular formula is C12H17BrN2O. The first-order valence-electron chi connectivity index (χ1n) is 5.09. The standard InChI is InChI=1S/C12H17BrN2O/c1-12(2,11(16)14-15(3)4)9-7-5-6-8-10(9)13/h5-8H,1-4H3,(H,14,16). The van der Waals surface area contributed by atoms with E-state index in [2.05, 4.69) is 21.4 Å². The predicted octanol–water partition coefficient (Wildman–Crippen LogP) is 2.32. The molecule has 0 saturated carbocycles. The van der Waals surface area contributed by atoms with Gasteiger partial charge in [-0.15, -0.1) is 0 Å². The maximum absolute atomic E-state index is 12.1. The molecule has 0 spiro atoms. The second kappa shape index (κ2) is 4.97. The average Bonchev–Trinajstić information content (AvgIpc) is 2.16. The van der Waals surface area contributed by atoms with Gasteiger partial charge in [-0.1, -0.05) is 34.1 Å². The van der Waals surface area contributed by atoms with Crippen molar-refractivity contribution in [2.75, 3.05) is 14.1 Å². The SMILES string of the molecule is CN(C)NC(=O)C(C)(C)c1ccccc1Br. The normalized spacial score (nSPS) is 11.6. The summed E-state index contributed by atoms with van der Waals surface area (Å²) in [5.41, 5.74) is 3.20. The van der Waals surface area contributed by atoms with Crippen LogP contribution in [0.1, 0.15) is 19.4 Å².